The average molecular weight is 849 g/mol. The van der Waals surface area contributed by atoms with Crippen LogP contribution in [0.2, 0.25) is 0 Å². The fourth-order valence-electron chi connectivity index (χ4n) is 9.05. The van der Waals surface area contributed by atoms with E-state index in [-0.39, 0.29) is 61.0 Å². The number of hydrogen-bond acceptors (Lipinski definition) is 12. The van der Waals surface area contributed by atoms with Gasteiger partial charge in [0.1, 0.15) is 29.6 Å². The molecular weight excluding hydrogens is 797 g/mol. The minimum Gasteiger partial charge on any atom is -0.496 e. The number of ether oxygens (including phenoxy) is 4. The second-order valence-corrected chi connectivity index (χ2v) is 16.8. The molecule has 4 aromatic carbocycles. The summed E-state index contributed by atoms with van der Waals surface area (Å²) in [7, 11) is 1.52. The quantitative estimate of drug-likeness (QED) is 0.0270. The summed E-state index contributed by atoms with van der Waals surface area (Å²) in [6.45, 7) is 4.55. The Morgan fingerprint density at radius 1 is 0.967 bits per heavy atom. The number of unbranched alkanes of at least 4 members (excludes halogenated alkanes) is 2. The van der Waals surface area contributed by atoms with Crippen molar-refractivity contribution in [3.05, 3.63) is 142 Å². The molecule has 0 radical (unpaired) electrons. The highest BCUT2D eigenvalue weighted by Crippen LogP contribution is 2.63. The number of oxime groups is 1. The van der Waals surface area contributed by atoms with Crippen LogP contribution in [-0.2, 0) is 16.2 Å². The molecule has 0 aromatic heterocycles. The maximum Gasteiger partial charge on any atom is 0.269 e. The molecule has 0 bridgehead atoms. The van der Waals surface area contributed by atoms with Crippen molar-refractivity contribution >= 4 is 29.4 Å². The Morgan fingerprint density at radius 3 is 2.41 bits per heavy atom. The smallest absolute Gasteiger partial charge is 0.269 e. The molecule has 3 aliphatic rings. The first-order valence-electron chi connectivity index (χ1n) is 20.8. The van der Waals surface area contributed by atoms with Gasteiger partial charge in [0.2, 0.25) is 5.79 Å². The number of hydrogen-bond donors (Lipinski definition) is 2. The molecule has 1 saturated carbocycles. The Hall–Kier alpha value is -5.47. The third-order valence-electron chi connectivity index (χ3n) is 11.8. The van der Waals surface area contributed by atoms with E-state index in [0.29, 0.717) is 47.8 Å². The summed E-state index contributed by atoms with van der Waals surface area (Å²) < 4.78 is 26.2. The number of benzene rings is 4. The van der Waals surface area contributed by atoms with Crippen molar-refractivity contribution in [2.45, 2.75) is 73.4 Å². The number of aliphatic hydroxyl groups is 2. The van der Waals surface area contributed by atoms with Crippen LogP contribution < -0.4 is 14.2 Å². The van der Waals surface area contributed by atoms with Gasteiger partial charge in [-0.15, -0.1) is 18.3 Å². The molecule has 1 aliphatic heterocycles. The monoisotopic (exact) mass is 848 g/mol. The van der Waals surface area contributed by atoms with Crippen LogP contribution in [0.4, 0.5) is 5.69 Å². The predicted octanol–water partition coefficient (Wildman–Crippen LogP) is 9.83. The normalized spacial score (nSPS) is 23.2. The summed E-state index contributed by atoms with van der Waals surface area (Å²) in [5.41, 5.74) is 3.80. The first-order valence-corrected chi connectivity index (χ1v) is 21.7. The van der Waals surface area contributed by atoms with Crippen LogP contribution in [-0.4, -0.2) is 65.1 Å². The van der Waals surface area contributed by atoms with E-state index in [0.717, 1.165) is 59.3 Å². The van der Waals surface area contributed by atoms with Crippen LogP contribution in [0.25, 0.3) is 0 Å². The van der Waals surface area contributed by atoms with Crippen LogP contribution in [0.5, 0.6) is 23.0 Å². The van der Waals surface area contributed by atoms with Gasteiger partial charge in [-0.3, -0.25) is 14.9 Å². The third-order valence-corrected chi connectivity index (χ3v) is 13.1. The Kier molecular flexibility index (Phi) is 14.6. The summed E-state index contributed by atoms with van der Waals surface area (Å²) in [5, 5.41) is 35.7. The summed E-state index contributed by atoms with van der Waals surface area (Å²) in [5.74, 6) is 0.597. The zero-order valence-corrected chi connectivity index (χ0v) is 35.0. The maximum atomic E-state index is 11.9. The third kappa shape index (κ3) is 9.70. The first-order chi connectivity index (χ1) is 29.8. The number of aliphatic hydroxyl groups excluding tert-OH is 2. The molecule has 7 rings (SSSR count). The van der Waals surface area contributed by atoms with Crippen molar-refractivity contribution < 1.29 is 43.7 Å². The van der Waals surface area contributed by atoms with Gasteiger partial charge in [0.25, 0.3) is 5.69 Å². The Morgan fingerprint density at radius 2 is 1.70 bits per heavy atom. The van der Waals surface area contributed by atoms with E-state index in [4.69, 9.17) is 28.9 Å². The highest BCUT2D eigenvalue weighted by Gasteiger charge is 2.64. The van der Waals surface area contributed by atoms with E-state index in [9.17, 15) is 25.1 Å². The molecular formula is C48H52N2O10S. The number of carbonyl (C=O) groups excluding carboxylic acids is 1. The van der Waals surface area contributed by atoms with Gasteiger partial charge in [0.15, 0.2) is 6.29 Å². The lowest BCUT2D eigenvalue weighted by Crippen LogP contribution is -2.64. The number of methoxy groups -OCH3 is 1. The number of thioether (sulfide) groups is 1. The molecule has 1 heterocycles. The molecule has 0 spiro atoms. The van der Waals surface area contributed by atoms with Crippen LogP contribution in [0.15, 0.2) is 125 Å². The summed E-state index contributed by atoms with van der Waals surface area (Å²) >= 11 is 1.67. The topological polar surface area (TPSA) is 159 Å². The average Bonchev–Trinajstić information content (AvgIpc) is 3.28. The highest BCUT2D eigenvalue weighted by molar-refractivity contribution is 8.00. The minimum atomic E-state index is -1.18. The molecule has 12 nitrogen and oxygen atoms in total. The van der Waals surface area contributed by atoms with E-state index in [2.05, 4.69) is 24.8 Å². The molecule has 4 aromatic rings. The fraction of sp³-hybridized carbons (Fsp3) is 0.375. The summed E-state index contributed by atoms with van der Waals surface area (Å²) in [6.07, 6.45) is 9.84. The van der Waals surface area contributed by atoms with E-state index >= 15 is 0 Å². The zero-order chi connectivity index (χ0) is 42.8. The molecule has 2 N–H and O–H groups in total. The van der Waals surface area contributed by atoms with Crippen molar-refractivity contribution in [3.63, 3.8) is 0 Å². The van der Waals surface area contributed by atoms with E-state index < -0.39 is 10.7 Å². The van der Waals surface area contributed by atoms with Gasteiger partial charge in [-0.25, -0.2) is 0 Å². The van der Waals surface area contributed by atoms with Crippen molar-refractivity contribution in [2.24, 2.45) is 22.9 Å². The molecule has 6 atom stereocenters. The lowest BCUT2D eigenvalue weighted by molar-refractivity contribution is -0.384. The fourth-order valence-corrected chi connectivity index (χ4v) is 10.4. The lowest BCUT2D eigenvalue weighted by atomic mass is 9.56. The van der Waals surface area contributed by atoms with Gasteiger partial charge in [-0.2, -0.15) is 0 Å². The van der Waals surface area contributed by atoms with Crippen LogP contribution in [0.3, 0.4) is 0 Å². The number of nitro groups is 1. The first kappa shape index (κ1) is 43.6. The largest absolute Gasteiger partial charge is 0.496 e. The standard InChI is InChI=1S/C48H52N2O10S/c1-3-25-57-48-45(61-38-12-5-4-6-13-38)29-42(49-58-31-32-15-17-35(18-16-32)50(54)55)40-27-33(11-7-9-23-51)39(14-8-10-24-52)46(47(40)48)41-28-37(20-22-44(41)60-48)59-36-19-21-43(56-2)34(26-36)30-53/h3-6,12-13,15-22,26-28,30,33,39,45-47,51-52H,1,7-11,14,23-25,29,31H2,2H3/t33-,39+,45-,46+,47+,48+/m0/s1. The maximum absolute atomic E-state index is 11.9. The van der Waals surface area contributed by atoms with E-state index in [1.165, 1.54) is 19.2 Å². The Bertz CT molecular complexity index is 2210. The number of aldehydes is 1. The van der Waals surface area contributed by atoms with E-state index in [1.54, 1.807) is 48.2 Å². The van der Waals surface area contributed by atoms with Crippen molar-refractivity contribution in [2.75, 3.05) is 26.9 Å². The van der Waals surface area contributed by atoms with Crippen LogP contribution in [0.1, 0.15) is 72.3 Å². The number of nitro benzene ring substituents is 1. The van der Waals surface area contributed by atoms with Gasteiger partial charge in [-0.1, -0.05) is 48.3 Å². The summed E-state index contributed by atoms with van der Waals surface area (Å²) in [6, 6.07) is 27.3. The molecule has 61 heavy (non-hydrogen) atoms. The highest BCUT2D eigenvalue weighted by atomic mass is 32.2. The molecule has 0 saturated heterocycles. The Balaban J connectivity index is 1.38. The van der Waals surface area contributed by atoms with Gasteiger partial charge in [0.05, 0.1) is 41.1 Å². The summed E-state index contributed by atoms with van der Waals surface area (Å²) in [4.78, 5) is 29.9. The van der Waals surface area contributed by atoms with E-state index in [1.807, 2.05) is 36.4 Å². The SMILES string of the molecule is C=CCO[C@@]12Oc3ccc(Oc4ccc(OC)c(C=O)c4)cc3[C@H]3[C@H](CCCCO)[C@@H](CCCCO)C=C(C(=NOCc4ccc([N+](=O)[O-])cc4)C[C@@H]1Sc1ccccc1)[C@H]32. The number of fused-ring (bicyclic) bond motifs is 2. The molecule has 2 aliphatic carbocycles. The van der Waals surface area contributed by atoms with Gasteiger partial charge in [-0.05, 0) is 109 Å². The van der Waals surface area contributed by atoms with Crippen molar-refractivity contribution in [1.82, 2.24) is 0 Å². The second-order valence-electron chi connectivity index (χ2n) is 15.5. The van der Waals surface area contributed by atoms with Gasteiger partial charge >= 0.3 is 0 Å². The Labute approximate surface area is 360 Å². The van der Waals surface area contributed by atoms with Crippen LogP contribution >= 0.6 is 11.8 Å². The van der Waals surface area contributed by atoms with Gasteiger partial charge < -0.3 is 34.0 Å². The molecule has 13 heteroatoms. The van der Waals surface area contributed by atoms with Crippen molar-refractivity contribution in [1.29, 1.82) is 0 Å². The number of non-ortho nitro benzene ring substituents is 1. The number of rotatable bonds is 21. The predicted molar refractivity (Wildman–Crippen MR) is 234 cm³/mol. The molecule has 1 fully saturated rings. The molecule has 320 valence electrons. The number of nitrogens with zero attached hydrogens (tertiary/aromatic N) is 2. The zero-order valence-electron chi connectivity index (χ0n) is 34.2. The number of carbonyl (C=O) groups is 1. The molecule has 0 amide bonds. The number of allylic oxidation sites excluding steroid dienone is 1. The lowest BCUT2D eigenvalue weighted by Gasteiger charge is -2.58. The molecule has 0 unspecified atom stereocenters. The van der Waals surface area contributed by atoms with Gasteiger partial charge in [0, 0.05) is 48.1 Å². The van der Waals surface area contributed by atoms with Crippen molar-refractivity contribution in [3.8, 4) is 23.0 Å². The minimum absolute atomic E-state index is 0.000905. The van der Waals surface area contributed by atoms with Crippen LogP contribution in [0, 0.1) is 27.9 Å². The second kappa shape index (κ2) is 20.4.